The molecule has 0 saturated heterocycles. The molecule has 0 aliphatic heterocycles. The maximum atomic E-state index is 12.3. The van der Waals surface area contributed by atoms with Crippen LogP contribution in [0.1, 0.15) is 15.9 Å². The summed E-state index contributed by atoms with van der Waals surface area (Å²) in [6, 6.07) is 8.91. The second-order valence-electron chi connectivity index (χ2n) is 4.67. The van der Waals surface area contributed by atoms with Gasteiger partial charge in [-0.3, -0.25) is 4.79 Å². The number of imidazole rings is 1. The Morgan fingerprint density at radius 3 is 2.95 bits per heavy atom. The Labute approximate surface area is 134 Å². The molecule has 0 unspecified atom stereocenters. The maximum Gasteiger partial charge on any atom is 0.255 e. The molecule has 1 amide bonds. The average molecular weight is 365 g/mol. The van der Waals surface area contributed by atoms with Crippen LogP contribution < -0.4 is 5.32 Å². The fourth-order valence-corrected chi connectivity index (χ4v) is 2.73. The number of carbonyl (C=O) groups is 1. The van der Waals surface area contributed by atoms with Crippen LogP contribution in [0.3, 0.4) is 0 Å². The molecule has 1 heterocycles. The molecule has 0 atom stereocenters. The number of halogens is 2. The van der Waals surface area contributed by atoms with Gasteiger partial charge in [0.1, 0.15) is 0 Å². The summed E-state index contributed by atoms with van der Waals surface area (Å²) in [5.74, 6) is -0.202. The van der Waals surface area contributed by atoms with E-state index in [4.69, 9.17) is 11.6 Å². The molecule has 4 nitrogen and oxygen atoms in total. The van der Waals surface area contributed by atoms with E-state index in [1.54, 1.807) is 30.6 Å². The molecule has 0 aliphatic rings. The van der Waals surface area contributed by atoms with E-state index in [0.29, 0.717) is 16.3 Å². The van der Waals surface area contributed by atoms with Crippen molar-refractivity contribution in [2.45, 2.75) is 6.92 Å². The zero-order chi connectivity index (χ0) is 15.0. The van der Waals surface area contributed by atoms with Crippen molar-refractivity contribution >= 4 is 50.2 Å². The van der Waals surface area contributed by atoms with E-state index in [1.807, 2.05) is 13.0 Å². The highest BCUT2D eigenvalue weighted by Crippen LogP contribution is 2.29. The Morgan fingerprint density at radius 1 is 1.33 bits per heavy atom. The number of carbonyl (C=O) groups excluding carboxylic acids is 1. The number of aromatic nitrogens is 2. The van der Waals surface area contributed by atoms with Gasteiger partial charge in [-0.2, -0.15) is 0 Å². The summed E-state index contributed by atoms with van der Waals surface area (Å²) in [5.41, 5.74) is 3.78. The summed E-state index contributed by atoms with van der Waals surface area (Å²) in [7, 11) is 0. The standard InChI is InChI=1S/C15H11BrClN3O/c1-8-4-10(16)13(6-11(8)17)20-15(21)9-2-3-12-14(5-9)19-7-18-12/h2-7H,1H3,(H,18,19)(H,20,21). The van der Waals surface area contributed by atoms with Crippen molar-refractivity contribution in [3.05, 3.63) is 57.3 Å². The second-order valence-corrected chi connectivity index (χ2v) is 5.93. The molecule has 21 heavy (non-hydrogen) atoms. The monoisotopic (exact) mass is 363 g/mol. The molecule has 2 aromatic carbocycles. The van der Waals surface area contributed by atoms with Gasteiger partial charge < -0.3 is 10.3 Å². The average Bonchev–Trinajstić information content (AvgIpc) is 2.92. The van der Waals surface area contributed by atoms with E-state index in [2.05, 4.69) is 31.2 Å². The number of H-pyrrole nitrogens is 1. The molecule has 0 saturated carbocycles. The summed E-state index contributed by atoms with van der Waals surface area (Å²) in [4.78, 5) is 19.4. The Hall–Kier alpha value is -1.85. The van der Waals surface area contributed by atoms with Crippen molar-refractivity contribution in [3.8, 4) is 0 Å². The Bertz CT molecular complexity index is 844. The number of benzene rings is 2. The van der Waals surface area contributed by atoms with Crippen molar-refractivity contribution in [3.63, 3.8) is 0 Å². The minimum atomic E-state index is -0.202. The fourth-order valence-electron chi connectivity index (χ4n) is 2.01. The van der Waals surface area contributed by atoms with Crippen molar-refractivity contribution in [1.82, 2.24) is 9.97 Å². The number of rotatable bonds is 2. The van der Waals surface area contributed by atoms with E-state index < -0.39 is 0 Å². The summed E-state index contributed by atoms with van der Waals surface area (Å²) in [5, 5.41) is 3.46. The number of aromatic amines is 1. The van der Waals surface area contributed by atoms with E-state index in [-0.39, 0.29) is 5.91 Å². The molecule has 0 radical (unpaired) electrons. The largest absolute Gasteiger partial charge is 0.345 e. The molecule has 3 rings (SSSR count). The van der Waals surface area contributed by atoms with Gasteiger partial charge in [0.15, 0.2) is 0 Å². The predicted molar refractivity (Wildman–Crippen MR) is 87.9 cm³/mol. The number of hydrogen-bond donors (Lipinski definition) is 2. The molecule has 0 bridgehead atoms. The first kappa shape index (κ1) is 14.1. The van der Waals surface area contributed by atoms with Crippen LogP contribution in [0.5, 0.6) is 0 Å². The van der Waals surface area contributed by atoms with Crippen molar-refractivity contribution in [2.24, 2.45) is 0 Å². The highest BCUT2D eigenvalue weighted by Gasteiger charge is 2.11. The minimum absolute atomic E-state index is 0.202. The van der Waals surface area contributed by atoms with Gasteiger partial charge in [0, 0.05) is 15.1 Å². The van der Waals surface area contributed by atoms with Gasteiger partial charge in [0.25, 0.3) is 5.91 Å². The van der Waals surface area contributed by atoms with Crippen LogP contribution in [0.25, 0.3) is 11.0 Å². The van der Waals surface area contributed by atoms with Crippen molar-refractivity contribution < 1.29 is 4.79 Å². The van der Waals surface area contributed by atoms with Crippen molar-refractivity contribution in [1.29, 1.82) is 0 Å². The molecule has 1 aromatic heterocycles. The van der Waals surface area contributed by atoms with Gasteiger partial charge in [-0.05, 0) is 58.7 Å². The molecule has 106 valence electrons. The first-order chi connectivity index (χ1) is 10.0. The number of hydrogen-bond acceptors (Lipinski definition) is 2. The van der Waals surface area contributed by atoms with Crippen LogP contribution in [0, 0.1) is 6.92 Å². The molecule has 6 heteroatoms. The number of amides is 1. The van der Waals surface area contributed by atoms with Crippen molar-refractivity contribution in [2.75, 3.05) is 5.32 Å². The van der Waals surface area contributed by atoms with E-state index in [9.17, 15) is 4.79 Å². The number of nitrogens with zero attached hydrogens (tertiary/aromatic N) is 1. The normalized spacial score (nSPS) is 10.8. The van der Waals surface area contributed by atoms with Crippen LogP contribution in [0.15, 0.2) is 41.1 Å². The van der Waals surface area contributed by atoms with Gasteiger partial charge in [-0.1, -0.05) is 11.6 Å². The highest BCUT2D eigenvalue weighted by molar-refractivity contribution is 9.10. The molecule has 0 spiro atoms. The zero-order valence-electron chi connectivity index (χ0n) is 11.1. The molecule has 0 aliphatic carbocycles. The topological polar surface area (TPSA) is 57.8 Å². The highest BCUT2D eigenvalue weighted by atomic mass is 79.9. The Balaban J connectivity index is 1.90. The Kier molecular flexibility index (Phi) is 3.69. The lowest BCUT2D eigenvalue weighted by atomic mass is 10.1. The number of nitrogens with one attached hydrogen (secondary N) is 2. The summed E-state index contributed by atoms with van der Waals surface area (Å²) in [6.07, 6.45) is 1.60. The van der Waals surface area contributed by atoms with Crippen LogP contribution >= 0.6 is 27.5 Å². The number of fused-ring (bicyclic) bond motifs is 1. The predicted octanol–water partition coefficient (Wildman–Crippen LogP) is 4.54. The fraction of sp³-hybridized carbons (Fsp3) is 0.0667. The molecule has 2 N–H and O–H groups in total. The van der Waals surface area contributed by atoms with Crippen LogP contribution in [0.2, 0.25) is 5.02 Å². The van der Waals surface area contributed by atoms with Gasteiger partial charge in [0.2, 0.25) is 0 Å². The zero-order valence-corrected chi connectivity index (χ0v) is 13.4. The number of anilines is 1. The lowest BCUT2D eigenvalue weighted by Gasteiger charge is -2.09. The van der Waals surface area contributed by atoms with E-state index in [1.165, 1.54) is 0 Å². The van der Waals surface area contributed by atoms with Crippen LogP contribution in [-0.4, -0.2) is 15.9 Å². The first-order valence-corrected chi connectivity index (χ1v) is 7.42. The third kappa shape index (κ3) is 2.80. The third-order valence-corrected chi connectivity index (χ3v) is 4.24. The maximum absolute atomic E-state index is 12.3. The lowest BCUT2D eigenvalue weighted by molar-refractivity contribution is 0.102. The SMILES string of the molecule is Cc1cc(Br)c(NC(=O)c2ccc3nc[nH]c3c2)cc1Cl. The molecule has 3 aromatic rings. The van der Waals surface area contributed by atoms with E-state index >= 15 is 0 Å². The summed E-state index contributed by atoms with van der Waals surface area (Å²) >= 11 is 9.52. The molecular formula is C15H11BrClN3O. The van der Waals surface area contributed by atoms with Crippen LogP contribution in [0.4, 0.5) is 5.69 Å². The smallest absolute Gasteiger partial charge is 0.255 e. The lowest BCUT2D eigenvalue weighted by Crippen LogP contribution is -2.12. The van der Waals surface area contributed by atoms with Gasteiger partial charge in [-0.15, -0.1) is 0 Å². The minimum Gasteiger partial charge on any atom is -0.345 e. The summed E-state index contributed by atoms with van der Waals surface area (Å²) in [6.45, 7) is 1.91. The third-order valence-electron chi connectivity index (χ3n) is 3.18. The summed E-state index contributed by atoms with van der Waals surface area (Å²) < 4.78 is 0.792. The van der Waals surface area contributed by atoms with Crippen LogP contribution in [-0.2, 0) is 0 Å². The molecular weight excluding hydrogens is 354 g/mol. The van der Waals surface area contributed by atoms with Gasteiger partial charge >= 0.3 is 0 Å². The number of aryl methyl sites for hydroxylation is 1. The van der Waals surface area contributed by atoms with Gasteiger partial charge in [0.05, 0.1) is 23.0 Å². The second kappa shape index (κ2) is 5.50. The Morgan fingerprint density at radius 2 is 2.14 bits per heavy atom. The van der Waals surface area contributed by atoms with E-state index in [0.717, 1.165) is 21.1 Å². The quantitative estimate of drug-likeness (QED) is 0.701. The first-order valence-electron chi connectivity index (χ1n) is 6.25. The molecule has 0 fully saturated rings. The van der Waals surface area contributed by atoms with Gasteiger partial charge in [-0.25, -0.2) is 4.98 Å².